The van der Waals surface area contributed by atoms with Crippen LogP contribution in [0.1, 0.15) is 23.6 Å². The number of aromatic amines is 1. The molecule has 4 nitrogen and oxygen atoms in total. The highest BCUT2D eigenvalue weighted by Gasteiger charge is 2.27. The van der Waals surface area contributed by atoms with E-state index < -0.39 is 0 Å². The first-order valence-corrected chi connectivity index (χ1v) is 6.39. The van der Waals surface area contributed by atoms with Crippen molar-refractivity contribution in [2.24, 2.45) is 5.73 Å². The molecule has 0 amide bonds. The van der Waals surface area contributed by atoms with Crippen LogP contribution in [0.2, 0.25) is 0 Å². The second-order valence-corrected chi connectivity index (χ2v) is 4.79. The smallest absolute Gasteiger partial charge is 0.0922 e. The third kappa shape index (κ3) is 1.99. The number of imidazole rings is 1. The van der Waals surface area contributed by atoms with E-state index in [9.17, 15) is 0 Å². The van der Waals surface area contributed by atoms with Crippen LogP contribution in [0.15, 0.2) is 36.8 Å². The molecule has 4 heteroatoms. The molecule has 0 spiro atoms. The van der Waals surface area contributed by atoms with E-state index in [4.69, 9.17) is 5.73 Å². The summed E-state index contributed by atoms with van der Waals surface area (Å²) >= 11 is 0. The van der Waals surface area contributed by atoms with Crippen molar-refractivity contribution < 1.29 is 0 Å². The van der Waals surface area contributed by atoms with E-state index in [0.717, 1.165) is 31.7 Å². The lowest BCUT2D eigenvalue weighted by molar-refractivity contribution is 0.642. The minimum absolute atomic E-state index is 0.564. The largest absolute Gasteiger partial charge is 0.365 e. The molecule has 1 unspecified atom stereocenters. The first-order chi connectivity index (χ1) is 8.88. The Morgan fingerprint density at radius 3 is 3.06 bits per heavy atom. The van der Waals surface area contributed by atoms with Crippen LogP contribution in [0.3, 0.4) is 0 Å². The molecular formula is C14H18N4. The summed E-state index contributed by atoms with van der Waals surface area (Å²) in [6, 6.07) is 8.64. The predicted molar refractivity (Wildman–Crippen MR) is 72.5 cm³/mol. The van der Waals surface area contributed by atoms with E-state index in [2.05, 4.69) is 39.1 Å². The highest BCUT2D eigenvalue weighted by atomic mass is 15.2. The molecule has 0 bridgehead atoms. The summed E-state index contributed by atoms with van der Waals surface area (Å²) in [6.07, 6.45) is 4.67. The molecule has 1 aromatic heterocycles. The summed E-state index contributed by atoms with van der Waals surface area (Å²) in [4.78, 5) is 9.64. The van der Waals surface area contributed by atoms with Crippen molar-refractivity contribution in [3.63, 3.8) is 0 Å². The molecule has 1 atom stereocenters. The highest BCUT2D eigenvalue weighted by molar-refractivity contribution is 5.60. The fraction of sp³-hybridized carbons (Fsp3) is 0.357. The van der Waals surface area contributed by atoms with Crippen molar-refractivity contribution >= 4 is 5.69 Å². The Kier molecular flexibility index (Phi) is 3.02. The molecule has 1 aliphatic heterocycles. The van der Waals surface area contributed by atoms with Gasteiger partial charge in [-0.3, -0.25) is 0 Å². The summed E-state index contributed by atoms with van der Waals surface area (Å²) in [5.41, 5.74) is 9.63. The molecular weight excluding hydrogens is 224 g/mol. The number of aromatic nitrogens is 2. The van der Waals surface area contributed by atoms with Crippen LogP contribution in [0.5, 0.6) is 0 Å². The van der Waals surface area contributed by atoms with Crippen molar-refractivity contribution in [1.29, 1.82) is 0 Å². The second kappa shape index (κ2) is 4.82. The van der Waals surface area contributed by atoms with Gasteiger partial charge in [0.2, 0.25) is 0 Å². The summed E-state index contributed by atoms with van der Waals surface area (Å²) in [5, 5.41) is 0. The van der Waals surface area contributed by atoms with Crippen molar-refractivity contribution in [2.45, 2.75) is 18.9 Å². The van der Waals surface area contributed by atoms with Gasteiger partial charge in [-0.2, -0.15) is 0 Å². The van der Waals surface area contributed by atoms with Gasteiger partial charge >= 0.3 is 0 Å². The SMILES string of the molecule is NCCC1CN(Cc2cnc[nH]2)c2ccccc21. The van der Waals surface area contributed by atoms with E-state index in [1.165, 1.54) is 11.3 Å². The van der Waals surface area contributed by atoms with E-state index >= 15 is 0 Å². The van der Waals surface area contributed by atoms with Crippen LogP contribution in [-0.2, 0) is 6.54 Å². The Morgan fingerprint density at radius 2 is 2.28 bits per heavy atom. The Bertz CT molecular complexity index is 506. The molecule has 2 aromatic rings. The number of hydrogen-bond acceptors (Lipinski definition) is 3. The first kappa shape index (κ1) is 11.3. The molecule has 3 rings (SSSR count). The lowest BCUT2D eigenvalue weighted by Crippen LogP contribution is -2.22. The van der Waals surface area contributed by atoms with Gasteiger partial charge in [-0.05, 0) is 24.6 Å². The normalized spacial score (nSPS) is 18.1. The third-order valence-electron chi connectivity index (χ3n) is 3.59. The zero-order chi connectivity index (χ0) is 12.4. The zero-order valence-corrected chi connectivity index (χ0v) is 10.3. The molecule has 2 heterocycles. The van der Waals surface area contributed by atoms with Crippen LogP contribution in [0, 0.1) is 0 Å². The van der Waals surface area contributed by atoms with Gasteiger partial charge in [0.1, 0.15) is 0 Å². The van der Waals surface area contributed by atoms with E-state index in [1.807, 2.05) is 6.20 Å². The fourth-order valence-electron chi connectivity index (χ4n) is 2.76. The number of H-pyrrole nitrogens is 1. The van der Waals surface area contributed by atoms with E-state index in [-0.39, 0.29) is 0 Å². The number of hydrogen-bond donors (Lipinski definition) is 2. The number of nitrogens with zero attached hydrogens (tertiary/aromatic N) is 2. The maximum Gasteiger partial charge on any atom is 0.0922 e. The number of anilines is 1. The topological polar surface area (TPSA) is 57.9 Å². The van der Waals surface area contributed by atoms with E-state index in [0.29, 0.717) is 5.92 Å². The number of rotatable bonds is 4. The van der Waals surface area contributed by atoms with Crippen LogP contribution >= 0.6 is 0 Å². The molecule has 0 saturated carbocycles. The number of benzene rings is 1. The molecule has 3 N–H and O–H groups in total. The van der Waals surface area contributed by atoms with Crippen LogP contribution in [0.4, 0.5) is 5.69 Å². The molecule has 94 valence electrons. The minimum atomic E-state index is 0.564. The molecule has 0 radical (unpaired) electrons. The van der Waals surface area contributed by atoms with Crippen molar-refractivity contribution in [2.75, 3.05) is 18.0 Å². The lowest BCUT2D eigenvalue weighted by Gasteiger charge is -2.18. The van der Waals surface area contributed by atoms with Crippen molar-refractivity contribution in [1.82, 2.24) is 9.97 Å². The summed E-state index contributed by atoms with van der Waals surface area (Å²) < 4.78 is 0. The Labute approximate surface area is 107 Å². The fourth-order valence-corrected chi connectivity index (χ4v) is 2.76. The molecule has 0 fully saturated rings. The number of nitrogens with two attached hydrogens (primary N) is 1. The molecule has 1 aromatic carbocycles. The van der Waals surface area contributed by atoms with Gasteiger partial charge in [-0.25, -0.2) is 4.98 Å². The van der Waals surface area contributed by atoms with Crippen LogP contribution in [-0.4, -0.2) is 23.1 Å². The van der Waals surface area contributed by atoms with Gasteiger partial charge < -0.3 is 15.6 Å². The van der Waals surface area contributed by atoms with E-state index in [1.54, 1.807) is 6.33 Å². The minimum Gasteiger partial charge on any atom is -0.365 e. The monoisotopic (exact) mass is 242 g/mol. The summed E-state index contributed by atoms with van der Waals surface area (Å²) in [6.45, 7) is 2.69. The second-order valence-electron chi connectivity index (χ2n) is 4.79. The molecule has 0 saturated heterocycles. The zero-order valence-electron chi connectivity index (χ0n) is 10.3. The lowest BCUT2D eigenvalue weighted by atomic mass is 9.98. The maximum absolute atomic E-state index is 5.71. The number of para-hydroxylation sites is 1. The Balaban J connectivity index is 1.85. The van der Waals surface area contributed by atoms with Gasteiger partial charge in [0.05, 0.1) is 18.6 Å². The van der Waals surface area contributed by atoms with Crippen LogP contribution < -0.4 is 10.6 Å². The Morgan fingerprint density at radius 1 is 1.39 bits per heavy atom. The number of fused-ring (bicyclic) bond motifs is 1. The van der Waals surface area contributed by atoms with Gasteiger partial charge in [0.15, 0.2) is 0 Å². The average Bonchev–Trinajstić information content (AvgIpc) is 3.00. The maximum atomic E-state index is 5.71. The van der Waals surface area contributed by atoms with Gasteiger partial charge in [-0.15, -0.1) is 0 Å². The summed E-state index contributed by atoms with van der Waals surface area (Å²) in [7, 11) is 0. The van der Waals surface area contributed by atoms with Gasteiger partial charge in [-0.1, -0.05) is 18.2 Å². The van der Waals surface area contributed by atoms with Gasteiger partial charge in [0.25, 0.3) is 0 Å². The predicted octanol–water partition coefficient (Wildman–Crippen LogP) is 1.86. The van der Waals surface area contributed by atoms with Crippen LogP contribution in [0.25, 0.3) is 0 Å². The van der Waals surface area contributed by atoms with Crippen molar-refractivity contribution in [3.8, 4) is 0 Å². The molecule has 0 aliphatic carbocycles. The van der Waals surface area contributed by atoms with Gasteiger partial charge in [0, 0.05) is 24.3 Å². The summed E-state index contributed by atoms with van der Waals surface area (Å²) in [5.74, 6) is 0.564. The number of nitrogens with one attached hydrogen (secondary N) is 1. The first-order valence-electron chi connectivity index (χ1n) is 6.39. The average molecular weight is 242 g/mol. The molecule has 18 heavy (non-hydrogen) atoms. The Hall–Kier alpha value is -1.81. The van der Waals surface area contributed by atoms with Crippen molar-refractivity contribution in [3.05, 3.63) is 48.0 Å². The standard InChI is InChI=1S/C14H18N4/c15-6-5-11-8-18(9-12-7-16-10-17-12)14-4-2-1-3-13(11)14/h1-4,7,10-11H,5-6,8-9,15H2,(H,16,17). The molecule has 1 aliphatic rings. The third-order valence-corrected chi connectivity index (χ3v) is 3.59. The quantitative estimate of drug-likeness (QED) is 0.860. The highest BCUT2D eigenvalue weighted by Crippen LogP contribution is 2.38.